The van der Waals surface area contributed by atoms with Crippen LogP contribution >= 0.6 is 0 Å². The van der Waals surface area contributed by atoms with Gasteiger partial charge in [-0.2, -0.15) is 0 Å². The van der Waals surface area contributed by atoms with Gasteiger partial charge in [0.15, 0.2) is 6.10 Å². The zero-order chi connectivity index (χ0) is 21.6. The Morgan fingerprint density at radius 2 is 1.65 bits per heavy atom. The van der Waals surface area contributed by atoms with Gasteiger partial charge in [-0.05, 0) is 47.2 Å². The summed E-state index contributed by atoms with van der Waals surface area (Å²) in [6.07, 6.45) is 0.268. The minimum atomic E-state index is -0.791. The Bertz CT molecular complexity index is 1220. The average molecular weight is 414 g/mol. The van der Waals surface area contributed by atoms with Crippen molar-refractivity contribution in [1.82, 2.24) is 0 Å². The molecule has 31 heavy (non-hydrogen) atoms. The van der Waals surface area contributed by atoms with Gasteiger partial charge in [-0.15, -0.1) is 0 Å². The molecule has 4 aromatic rings. The van der Waals surface area contributed by atoms with Crippen molar-refractivity contribution in [2.45, 2.75) is 6.10 Å². The van der Waals surface area contributed by atoms with Gasteiger partial charge < -0.3 is 19.3 Å². The van der Waals surface area contributed by atoms with Crippen molar-refractivity contribution < 1.29 is 24.1 Å². The predicted molar refractivity (Wildman–Crippen MR) is 121 cm³/mol. The van der Waals surface area contributed by atoms with Gasteiger partial charge in [-0.25, -0.2) is 4.79 Å². The zero-order valence-corrected chi connectivity index (χ0v) is 16.9. The monoisotopic (exact) mass is 414 g/mol. The molecule has 5 nitrogen and oxygen atoms in total. The summed E-state index contributed by atoms with van der Waals surface area (Å²) in [6.45, 7) is 3.04. The summed E-state index contributed by atoms with van der Waals surface area (Å²) in [5.74, 6) is 1.53. The molecule has 0 fully saturated rings. The van der Waals surface area contributed by atoms with Crippen LogP contribution in [0, 0.1) is 0 Å². The molecule has 0 aliphatic heterocycles. The maximum atomic E-state index is 11.5. The standard InChI is InChI=1S/C26H22O5/c1-2-25(28)31-22(16-27)17-29-26-23-11-7-6-8-18(23)14-19-15-21(12-13-24(19)26)30-20-9-4-3-5-10-20/h2-15,22,27H,1,16-17H2. The highest BCUT2D eigenvalue weighted by Crippen LogP contribution is 2.37. The van der Waals surface area contributed by atoms with Crippen LogP contribution in [0.2, 0.25) is 0 Å². The van der Waals surface area contributed by atoms with Crippen LogP contribution in [0.25, 0.3) is 21.5 Å². The smallest absolute Gasteiger partial charge is 0.330 e. The van der Waals surface area contributed by atoms with Gasteiger partial charge in [0.2, 0.25) is 0 Å². The second kappa shape index (κ2) is 9.32. The number of aliphatic hydroxyl groups excluding tert-OH is 1. The fourth-order valence-electron chi connectivity index (χ4n) is 3.37. The van der Waals surface area contributed by atoms with Crippen LogP contribution in [0.15, 0.2) is 91.5 Å². The second-order valence-corrected chi connectivity index (χ2v) is 6.98. The van der Waals surface area contributed by atoms with E-state index in [0.717, 1.165) is 33.4 Å². The normalized spacial score (nSPS) is 11.8. The Kier molecular flexibility index (Phi) is 6.15. The van der Waals surface area contributed by atoms with Gasteiger partial charge in [-0.1, -0.05) is 49.0 Å². The predicted octanol–water partition coefficient (Wildman–Crippen LogP) is 5.25. The summed E-state index contributed by atoms with van der Waals surface area (Å²) in [4.78, 5) is 11.5. The lowest BCUT2D eigenvalue weighted by atomic mass is 10.0. The van der Waals surface area contributed by atoms with Crippen LogP contribution in [0.3, 0.4) is 0 Å². The van der Waals surface area contributed by atoms with E-state index in [9.17, 15) is 9.90 Å². The minimum absolute atomic E-state index is 0.0153. The average Bonchev–Trinajstić information content (AvgIpc) is 2.81. The number of ether oxygens (including phenoxy) is 3. The summed E-state index contributed by atoms with van der Waals surface area (Å²) >= 11 is 0. The third-order valence-corrected chi connectivity index (χ3v) is 4.83. The van der Waals surface area contributed by atoms with Gasteiger partial charge >= 0.3 is 5.97 Å². The van der Waals surface area contributed by atoms with E-state index in [2.05, 4.69) is 12.6 Å². The highest BCUT2D eigenvalue weighted by atomic mass is 16.6. The maximum absolute atomic E-state index is 11.5. The Labute approximate surface area is 180 Å². The number of benzene rings is 4. The second-order valence-electron chi connectivity index (χ2n) is 6.98. The lowest BCUT2D eigenvalue weighted by Gasteiger charge is -2.18. The first-order chi connectivity index (χ1) is 15.2. The molecule has 0 saturated carbocycles. The molecule has 4 rings (SSSR count). The molecule has 156 valence electrons. The van der Waals surface area contributed by atoms with Crippen molar-refractivity contribution in [3.8, 4) is 17.2 Å². The minimum Gasteiger partial charge on any atom is -0.488 e. The molecule has 0 aromatic heterocycles. The Morgan fingerprint density at radius 1 is 0.903 bits per heavy atom. The molecule has 1 unspecified atom stereocenters. The van der Waals surface area contributed by atoms with Crippen molar-refractivity contribution in [2.24, 2.45) is 0 Å². The zero-order valence-electron chi connectivity index (χ0n) is 16.9. The number of esters is 1. The first-order valence-electron chi connectivity index (χ1n) is 9.93. The molecule has 0 radical (unpaired) electrons. The molecule has 0 saturated heterocycles. The van der Waals surface area contributed by atoms with Gasteiger partial charge in [0.25, 0.3) is 0 Å². The number of carbonyl (C=O) groups excluding carboxylic acids is 1. The van der Waals surface area contributed by atoms with Crippen LogP contribution in [0.5, 0.6) is 17.2 Å². The van der Waals surface area contributed by atoms with E-state index in [0.29, 0.717) is 11.5 Å². The van der Waals surface area contributed by atoms with Crippen LogP contribution < -0.4 is 9.47 Å². The number of aliphatic hydroxyl groups is 1. The number of rotatable bonds is 8. The topological polar surface area (TPSA) is 65.0 Å². The molecule has 0 amide bonds. The Hall–Kier alpha value is -3.83. The molecule has 1 N–H and O–H groups in total. The molecule has 0 aliphatic rings. The van der Waals surface area contributed by atoms with Crippen LogP contribution in [-0.4, -0.2) is 30.4 Å². The van der Waals surface area contributed by atoms with Crippen LogP contribution in [-0.2, 0) is 9.53 Å². The first kappa shape index (κ1) is 20.4. The van der Waals surface area contributed by atoms with Crippen molar-refractivity contribution in [1.29, 1.82) is 0 Å². The largest absolute Gasteiger partial charge is 0.488 e. The lowest BCUT2D eigenvalue weighted by Crippen LogP contribution is -2.27. The summed E-state index contributed by atoms with van der Waals surface area (Å²) in [6, 6.07) is 25.3. The SMILES string of the molecule is C=CC(=O)OC(CO)COc1c2ccccc2cc2cc(Oc3ccccc3)ccc12. The van der Waals surface area contributed by atoms with E-state index < -0.39 is 12.1 Å². The number of para-hydroxylation sites is 1. The third kappa shape index (κ3) is 4.68. The lowest BCUT2D eigenvalue weighted by molar-refractivity contribution is -0.146. The van der Waals surface area contributed by atoms with Crippen LogP contribution in [0.4, 0.5) is 0 Å². The molecule has 0 spiro atoms. The van der Waals surface area contributed by atoms with Crippen molar-refractivity contribution in [3.05, 3.63) is 91.5 Å². The number of hydrogen-bond acceptors (Lipinski definition) is 5. The number of hydrogen-bond donors (Lipinski definition) is 1. The maximum Gasteiger partial charge on any atom is 0.330 e. The van der Waals surface area contributed by atoms with Crippen molar-refractivity contribution in [2.75, 3.05) is 13.2 Å². The summed E-state index contributed by atoms with van der Waals surface area (Å²) in [5.41, 5.74) is 0. The van der Waals surface area contributed by atoms with Gasteiger partial charge in [-0.3, -0.25) is 0 Å². The van der Waals surface area contributed by atoms with Crippen molar-refractivity contribution in [3.63, 3.8) is 0 Å². The fraction of sp³-hybridized carbons (Fsp3) is 0.115. The fourth-order valence-corrected chi connectivity index (χ4v) is 3.37. The highest BCUT2D eigenvalue weighted by Gasteiger charge is 2.16. The van der Waals surface area contributed by atoms with E-state index in [-0.39, 0.29) is 13.2 Å². The number of fused-ring (bicyclic) bond motifs is 2. The highest BCUT2D eigenvalue weighted by molar-refractivity contribution is 6.05. The van der Waals surface area contributed by atoms with Crippen molar-refractivity contribution >= 4 is 27.5 Å². The van der Waals surface area contributed by atoms with E-state index in [1.165, 1.54) is 0 Å². The number of carbonyl (C=O) groups is 1. The first-order valence-corrected chi connectivity index (χ1v) is 9.93. The molecule has 1 atom stereocenters. The van der Waals surface area contributed by atoms with E-state index >= 15 is 0 Å². The summed E-state index contributed by atoms with van der Waals surface area (Å²) in [7, 11) is 0. The van der Waals surface area contributed by atoms with Gasteiger partial charge in [0.05, 0.1) is 6.61 Å². The van der Waals surface area contributed by atoms with E-state index in [1.807, 2.05) is 72.8 Å². The van der Waals surface area contributed by atoms with Gasteiger partial charge in [0.1, 0.15) is 23.9 Å². The molecule has 5 heteroatoms. The summed E-state index contributed by atoms with van der Waals surface area (Å²) < 4.78 is 17.2. The Balaban J connectivity index is 1.69. The third-order valence-electron chi connectivity index (χ3n) is 4.83. The quantitative estimate of drug-likeness (QED) is 0.242. The summed E-state index contributed by atoms with van der Waals surface area (Å²) in [5, 5.41) is 13.3. The van der Waals surface area contributed by atoms with Crippen LogP contribution in [0.1, 0.15) is 0 Å². The van der Waals surface area contributed by atoms with E-state index in [4.69, 9.17) is 14.2 Å². The Morgan fingerprint density at radius 3 is 2.42 bits per heavy atom. The van der Waals surface area contributed by atoms with E-state index in [1.54, 1.807) is 0 Å². The molecule has 0 heterocycles. The van der Waals surface area contributed by atoms with Gasteiger partial charge in [0, 0.05) is 16.8 Å². The molecule has 4 aromatic carbocycles. The molecule has 0 aliphatic carbocycles. The molecular weight excluding hydrogens is 392 g/mol. The molecular formula is C26H22O5. The molecule has 0 bridgehead atoms.